The number of benzene rings is 3. The first-order chi connectivity index (χ1) is 14.0. The van der Waals surface area contributed by atoms with Gasteiger partial charge >= 0.3 is 0 Å². The summed E-state index contributed by atoms with van der Waals surface area (Å²) in [5, 5.41) is 6.39. The molecule has 144 valence electrons. The lowest BCUT2D eigenvalue weighted by Crippen LogP contribution is -2.25. The van der Waals surface area contributed by atoms with Gasteiger partial charge in [0.25, 0.3) is 5.91 Å². The van der Waals surface area contributed by atoms with Gasteiger partial charge in [-0.1, -0.05) is 73.0 Å². The zero-order valence-electron chi connectivity index (χ0n) is 15.3. The van der Waals surface area contributed by atoms with E-state index in [4.69, 9.17) is 0 Å². The molecule has 0 unspecified atom stereocenters. The van der Waals surface area contributed by atoms with Crippen molar-refractivity contribution in [2.45, 2.75) is 6.92 Å². The van der Waals surface area contributed by atoms with Crippen LogP contribution in [0.1, 0.15) is 21.5 Å². The van der Waals surface area contributed by atoms with Crippen molar-refractivity contribution in [3.05, 3.63) is 92.4 Å². The van der Waals surface area contributed by atoms with Gasteiger partial charge in [0.15, 0.2) is 0 Å². The number of aryl methyl sites for hydroxylation is 1. The average molecular weight is 529 g/mol. The predicted octanol–water partition coefficient (Wildman–Crippen LogP) is 6.81. The Morgan fingerprint density at radius 3 is 2.55 bits per heavy atom. The minimum Gasteiger partial charge on any atom is -0.267 e. The normalized spacial score (nSPS) is 11.3. The van der Waals surface area contributed by atoms with E-state index in [0.717, 1.165) is 30.3 Å². The van der Waals surface area contributed by atoms with Crippen molar-refractivity contribution in [1.29, 1.82) is 0 Å². The molecule has 0 spiro atoms. The molecule has 0 radical (unpaired) electrons. The Kier molecular flexibility index (Phi) is 5.89. The molecule has 0 aliphatic rings. The predicted molar refractivity (Wildman–Crippen MR) is 127 cm³/mol. The summed E-state index contributed by atoms with van der Waals surface area (Å²) in [6, 6.07) is 21.1. The molecule has 0 saturated heterocycles. The molecule has 0 N–H and O–H groups in total. The molecule has 0 aliphatic heterocycles. The van der Waals surface area contributed by atoms with E-state index < -0.39 is 0 Å². The first-order valence-corrected chi connectivity index (χ1v) is 11.2. The van der Waals surface area contributed by atoms with E-state index in [1.165, 1.54) is 16.3 Å². The highest BCUT2D eigenvalue weighted by molar-refractivity contribution is 9.10. The van der Waals surface area contributed by atoms with Gasteiger partial charge in [0.2, 0.25) is 5.13 Å². The number of rotatable bonds is 4. The summed E-state index contributed by atoms with van der Waals surface area (Å²) in [4.78, 5) is 17.9. The fraction of sp³-hybridized carbons (Fsp3) is 0.0455. The van der Waals surface area contributed by atoms with Crippen molar-refractivity contribution < 1.29 is 4.79 Å². The lowest BCUT2D eigenvalue weighted by atomic mass is 10.1. The minimum atomic E-state index is -0.222. The summed E-state index contributed by atoms with van der Waals surface area (Å²) in [6.07, 6.45) is 1.67. The highest BCUT2D eigenvalue weighted by Gasteiger charge is 2.21. The largest absolute Gasteiger partial charge is 0.280 e. The molecule has 1 heterocycles. The van der Waals surface area contributed by atoms with Crippen molar-refractivity contribution in [3.63, 3.8) is 0 Å². The Balaban J connectivity index is 1.76. The summed E-state index contributed by atoms with van der Waals surface area (Å²) >= 11 is 8.34. The number of fused-ring (bicyclic) bond motifs is 1. The van der Waals surface area contributed by atoms with E-state index in [2.05, 4.69) is 41.9 Å². The van der Waals surface area contributed by atoms with Crippen LogP contribution in [0.3, 0.4) is 0 Å². The van der Waals surface area contributed by atoms with Gasteiger partial charge in [-0.25, -0.2) is 4.98 Å². The second kappa shape index (κ2) is 8.57. The standard InChI is InChI=1S/C22H15Br2N3OS/c1-14-3-2-4-16(11-14)21(28)27(25-13-15-5-7-17(23)8-6-15)22-26-19-10-9-18(24)12-20(19)29-22/h2-13H,1H3/b25-13+. The van der Waals surface area contributed by atoms with Crippen molar-refractivity contribution in [2.24, 2.45) is 5.10 Å². The number of amides is 1. The number of hydrazone groups is 1. The van der Waals surface area contributed by atoms with E-state index in [1.54, 1.807) is 12.3 Å². The summed E-state index contributed by atoms with van der Waals surface area (Å²) in [5.74, 6) is -0.222. The first kappa shape index (κ1) is 19.9. The van der Waals surface area contributed by atoms with Crippen LogP contribution in [0.4, 0.5) is 5.13 Å². The maximum atomic E-state index is 13.3. The van der Waals surface area contributed by atoms with E-state index in [0.29, 0.717) is 10.7 Å². The smallest absolute Gasteiger partial charge is 0.267 e. The molecule has 4 aromatic rings. The molecule has 0 atom stereocenters. The number of nitrogens with zero attached hydrogens (tertiary/aromatic N) is 3. The highest BCUT2D eigenvalue weighted by atomic mass is 79.9. The number of hydrogen-bond acceptors (Lipinski definition) is 4. The molecule has 3 aromatic carbocycles. The number of thiazole rings is 1. The molecule has 0 aliphatic carbocycles. The third-order valence-electron chi connectivity index (χ3n) is 4.17. The van der Waals surface area contributed by atoms with Crippen LogP contribution in [0.25, 0.3) is 10.2 Å². The van der Waals surface area contributed by atoms with Gasteiger partial charge in [-0.3, -0.25) is 4.79 Å². The second-order valence-corrected chi connectivity index (χ2v) is 9.23. The Bertz CT molecular complexity index is 1220. The zero-order chi connectivity index (χ0) is 20.4. The molecular weight excluding hydrogens is 514 g/mol. The van der Waals surface area contributed by atoms with E-state index in [-0.39, 0.29) is 5.91 Å². The lowest BCUT2D eigenvalue weighted by Gasteiger charge is -2.14. The van der Waals surface area contributed by atoms with Gasteiger partial charge in [-0.05, 0) is 55.0 Å². The van der Waals surface area contributed by atoms with Crippen LogP contribution in [0.2, 0.25) is 0 Å². The summed E-state index contributed by atoms with van der Waals surface area (Å²) in [5.41, 5.74) is 3.30. The number of carbonyl (C=O) groups is 1. The molecule has 0 bridgehead atoms. The molecule has 7 heteroatoms. The molecule has 1 amide bonds. The van der Waals surface area contributed by atoms with Crippen LogP contribution in [-0.4, -0.2) is 17.1 Å². The van der Waals surface area contributed by atoms with Gasteiger partial charge in [0.1, 0.15) is 0 Å². The topological polar surface area (TPSA) is 45.6 Å². The second-order valence-electron chi connectivity index (χ2n) is 6.39. The number of aromatic nitrogens is 1. The summed E-state index contributed by atoms with van der Waals surface area (Å²) < 4.78 is 2.93. The van der Waals surface area contributed by atoms with Gasteiger partial charge in [0.05, 0.1) is 16.4 Å². The van der Waals surface area contributed by atoms with Gasteiger partial charge < -0.3 is 0 Å². The van der Waals surface area contributed by atoms with Crippen molar-refractivity contribution in [3.8, 4) is 0 Å². The number of anilines is 1. The van der Waals surface area contributed by atoms with Crippen LogP contribution >= 0.6 is 43.2 Å². The molecule has 4 nitrogen and oxygen atoms in total. The summed E-state index contributed by atoms with van der Waals surface area (Å²) in [6.45, 7) is 1.96. The molecule has 0 fully saturated rings. The van der Waals surface area contributed by atoms with Crippen molar-refractivity contribution in [1.82, 2.24) is 4.98 Å². The zero-order valence-corrected chi connectivity index (χ0v) is 19.3. The van der Waals surface area contributed by atoms with E-state index in [1.807, 2.05) is 67.6 Å². The summed E-state index contributed by atoms with van der Waals surface area (Å²) in [7, 11) is 0. The number of halogens is 2. The third kappa shape index (κ3) is 4.63. The van der Waals surface area contributed by atoms with Gasteiger partial charge in [-0.2, -0.15) is 10.1 Å². The maximum Gasteiger partial charge on any atom is 0.280 e. The van der Waals surface area contributed by atoms with Crippen LogP contribution in [0.15, 0.2) is 80.8 Å². The van der Waals surface area contributed by atoms with Gasteiger partial charge in [0, 0.05) is 14.5 Å². The van der Waals surface area contributed by atoms with Crippen LogP contribution in [-0.2, 0) is 0 Å². The first-order valence-electron chi connectivity index (χ1n) is 8.76. The molecule has 4 rings (SSSR count). The number of carbonyl (C=O) groups excluding carboxylic acids is 1. The van der Waals surface area contributed by atoms with E-state index in [9.17, 15) is 4.79 Å². The fourth-order valence-corrected chi connectivity index (χ4v) is 4.48. The van der Waals surface area contributed by atoms with Gasteiger partial charge in [-0.15, -0.1) is 0 Å². The Morgan fingerprint density at radius 2 is 1.79 bits per heavy atom. The minimum absolute atomic E-state index is 0.222. The number of hydrogen-bond donors (Lipinski definition) is 0. The fourth-order valence-electron chi connectivity index (χ4n) is 2.74. The SMILES string of the molecule is Cc1cccc(C(=O)N(/N=C/c2ccc(Br)cc2)c2nc3ccc(Br)cc3s2)c1. The van der Waals surface area contributed by atoms with Crippen LogP contribution < -0.4 is 5.01 Å². The van der Waals surface area contributed by atoms with Crippen molar-refractivity contribution >= 4 is 70.7 Å². The highest BCUT2D eigenvalue weighted by Crippen LogP contribution is 2.32. The van der Waals surface area contributed by atoms with Crippen LogP contribution in [0.5, 0.6) is 0 Å². The molecule has 1 aromatic heterocycles. The average Bonchev–Trinajstić information content (AvgIpc) is 3.12. The molecule has 29 heavy (non-hydrogen) atoms. The Labute approximate surface area is 189 Å². The molecular formula is C22H15Br2N3OS. The molecule has 0 saturated carbocycles. The van der Waals surface area contributed by atoms with Crippen molar-refractivity contribution in [2.75, 3.05) is 5.01 Å². The van der Waals surface area contributed by atoms with Crippen LogP contribution in [0, 0.1) is 6.92 Å². The van der Waals surface area contributed by atoms with E-state index >= 15 is 0 Å². The lowest BCUT2D eigenvalue weighted by molar-refractivity contribution is 0.0988. The quantitative estimate of drug-likeness (QED) is 0.216. The monoisotopic (exact) mass is 527 g/mol. The Hall–Kier alpha value is -2.35. The Morgan fingerprint density at radius 1 is 1.03 bits per heavy atom. The maximum absolute atomic E-state index is 13.3. The third-order valence-corrected chi connectivity index (χ3v) is 6.19.